The maximum absolute atomic E-state index is 3.34. The third kappa shape index (κ3) is 6.22. The first-order chi connectivity index (χ1) is 11.9. The van der Waals surface area contributed by atoms with Crippen LogP contribution in [0.25, 0.3) is 0 Å². The normalized spacial score (nSPS) is 9.58. The predicted molar refractivity (Wildman–Crippen MR) is 110 cm³/mol. The van der Waals surface area contributed by atoms with Crippen molar-refractivity contribution in [3.63, 3.8) is 0 Å². The van der Waals surface area contributed by atoms with Gasteiger partial charge in [0.15, 0.2) is 0 Å². The molecule has 124 valence electrons. The lowest BCUT2D eigenvalue weighted by Gasteiger charge is -2.08. The van der Waals surface area contributed by atoms with E-state index >= 15 is 0 Å². The van der Waals surface area contributed by atoms with Gasteiger partial charge in [-0.3, -0.25) is 0 Å². The molecule has 0 radical (unpaired) electrons. The molecule has 4 heteroatoms. The second kappa shape index (κ2) is 10.7. The van der Waals surface area contributed by atoms with Gasteiger partial charge < -0.3 is 9.44 Å². The summed E-state index contributed by atoms with van der Waals surface area (Å²) in [5, 5.41) is 0. The predicted octanol–water partition coefficient (Wildman–Crippen LogP) is 6.95. The van der Waals surface area contributed by atoms with Crippen molar-refractivity contribution in [2.24, 2.45) is 0 Å². The molecule has 0 heterocycles. The lowest BCUT2D eigenvalue weighted by molar-refractivity contribution is 1.46. The van der Waals surface area contributed by atoms with Crippen molar-refractivity contribution in [1.82, 2.24) is 0 Å². The van der Waals surface area contributed by atoms with E-state index in [2.05, 4.69) is 58.0 Å². The number of rotatable bonds is 6. The van der Waals surface area contributed by atoms with Crippen molar-refractivity contribution in [2.75, 3.05) is 9.44 Å². The molecule has 0 unspecified atom stereocenters. The zero-order chi connectivity index (χ0) is 17.0. The van der Waals surface area contributed by atoms with E-state index in [1.54, 1.807) is 23.9 Å². The van der Waals surface area contributed by atoms with E-state index in [1.165, 1.54) is 9.79 Å². The maximum atomic E-state index is 3.34. The molecule has 0 aliphatic carbocycles. The van der Waals surface area contributed by atoms with Gasteiger partial charge in [-0.05, 0) is 72.4 Å². The minimum atomic E-state index is 1.09. The zero-order valence-electron chi connectivity index (χ0n) is 13.9. The fourth-order valence-electron chi connectivity index (χ4n) is 1.82. The molecule has 3 rings (SSSR count). The second-order valence-electron chi connectivity index (χ2n) is 4.61. The smallest absolute Gasteiger partial charge is 0.0444 e. The molecule has 0 saturated carbocycles. The lowest BCUT2D eigenvalue weighted by Crippen LogP contribution is -1.89. The molecule has 2 nitrogen and oxygen atoms in total. The van der Waals surface area contributed by atoms with Crippen LogP contribution in [0.3, 0.4) is 0 Å². The molecule has 0 amide bonds. The summed E-state index contributed by atoms with van der Waals surface area (Å²) in [5.74, 6) is 0. The van der Waals surface area contributed by atoms with Crippen LogP contribution in [0.1, 0.15) is 13.8 Å². The molecule has 0 atom stereocenters. The van der Waals surface area contributed by atoms with E-state index in [0.29, 0.717) is 0 Å². The van der Waals surface area contributed by atoms with Crippen LogP contribution in [-0.4, -0.2) is 0 Å². The standard InChI is InChI=1S/C18H16N2S2.C2H6/c1-3-7-17(8-4-1)21-19-15-11-13-16(14-12-15)20-22-18-9-5-2-6-10-18;1-2/h1-14,19-20H;1-2H3. The van der Waals surface area contributed by atoms with Crippen LogP contribution < -0.4 is 9.44 Å². The highest BCUT2D eigenvalue weighted by Crippen LogP contribution is 2.24. The van der Waals surface area contributed by atoms with Crippen LogP contribution >= 0.6 is 23.9 Å². The van der Waals surface area contributed by atoms with Gasteiger partial charge in [0, 0.05) is 21.2 Å². The number of nitrogens with one attached hydrogen (secondary N) is 2. The van der Waals surface area contributed by atoms with Crippen LogP contribution in [0.15, 0.2) is 94.7 Å². The highest BCUT2D eigenvalue weighted by atomic mass is 32.2. The first-order valence-corrected chi connectivity index (χ1v) is 9.59. The topological polar surface area (TPSA) is 24.1 Å². The molecule has 0 saturated heterocycles. The van der Waals surface area contributed by atoms with Crippen molar-refractivity contribution in [2.45, 2.75) is 23.6 Å². The van der Waals surface area contributed by atoms with Crippen molar-refractivity contribution >= 4 is 35.3 Å². The lowest BCUT2D eigenvalue weighted by atomic mass is 10.3. The summed E-state index contributed by atoms with van der Waals surface area (Å²) < 4.78 is 6.69. The Morgan fingerprint density at radius 2 is 0.833 bits per heavy atom. The summed E-state index contributed by atoms with van der Waals surface area (Å²) in [6.45, 7) is 4.00. The van der Waals surface area contributed by atoms with Crippen LogP contribution in [0.2, 0.25) is 0 Å². The molecule has 2 N–H and O–H groups in total. The van der Waals surface area contributed by atoms with Gasteiger partial charge in [-0.1, -0.05) is 50.2 Å². The minimum absolute atomic E-state index is 1.09. The average molecular weight is 355 g/mol. The molecule has 3 aromatic carbocycles. The Balaban J connectivity index is 0.00000100. The van der Waals surface area contributed by atoms with E-state index in [1.807, 2.05) is 50.2 Å². The number of benzene rings is 3. The van der Waals surface area contributed by atoms with Crippen LogP contribution in [-0.2, 0) is 0 Å². The monoisotopic (exact) mass is 354 g/mol. The van der Waals surface area contributed by atoms with Gasteiger partial charge in [-0.25, -0.2) is 0 Å². The Hall–Kier alpha value is -2.04. The molecule has 0 aliphatic rings. The summed E-state index contributed by atoms with van der Waals surface area (Å²) in [6.07, 6.45) is 0. The number of anilines is 2. The van der Waals surface area contributed by atoms with Gasteiger partial charge in [0.25, 0.3) is 0 Å². The fraction of sp³-hybridized carbons (Fsp3) is 0.100. The molecule has 0 aromatic heterocycles. The first-order valence-electron chi connectivity index (χ1n) is 7.96. The summed E-state index contributed by atoms with van der Waals surface area (Å²) in [5.41, 5.74) is 2.17. The third-order valence-corrected chi connectivity index (χ3v) is 4.64. The van der Waals surface area contributed by atoms with E-state index in [0.717, 1.165) is 11.4 Å². The quantitative estimate of drug-likeness (QED) is 0.468. The summed E-state index contributed by atoms with van der Waals surface area (Å²) in [6, 6.07) is 28.8. The Labute approximate surface area is 153 Å². The molecule has 0 aliphatic heterocycles. The van der Waals surface area contributed by atoms with Crippen molar-refractivity contribution < 1.29 is 0 Å². The van der Waals surface area contributed by atoms with Gasteiger partial charge in [-0.15, -0.1) is 0 Å². The first kappa shape index (κ1) is 18.3. The Morgan fingerprint density at radius 3 is 1.17 bits per heavy atom. The Kier molecular flexibility index (Phi) is 8.15. The van der Waals surface area contributed by atoms with Gasteiger partial charge >= 0.3 is 0 Å². The summed E-state index contributed by atoms with van der Waals surface area (Å²) >= 11 is 3.23. The van der Waals surface area contributed by atoms with E-state index < -0.39 is 0 Å². The van der Waals surface area contributed by atoms with Crippen molar-refractivity contribution in [1.29, 1.82) is 0 Å². The molecular weight excluding hydrogens is 332 g/mol. The number of hydrogen-bond donors (Lipinski definition) is 2. The molecule has 0 bridgehead atoms. The van der Waals surface area contributed by atoms with E-state index in [4.69, 9.17) is 0 Å². The molecular formula is C20H22N2S2. The molecule has 0 fully saturated rings. The molecule has 0 spiro atoms. The van der Waals surface area contributed by atoms with Gasteiger partial charge in [0.1, 0.15) is 0 Å². The Bertz CT molecular complexity index is 623. The highest BCUT2D eigenvalue weighted by Gasteiger charge is 1.97. The summed E-state index contributed by atoms with van der Waals surface area (Å²) in [7, 11) is 0. The van der Waals surface area contributed by atoms with Gasteiger partial charge in [-0.2, -0.15) is 0 Å². The SMILES string of the molecule is CC.c1ccc(SNc2ccc(NSc3ccccc3)cc2)cc1. The van der Waals surface area contributed by atoms with Crippen LogP contribution in [0.4, 0.5) is 11.4 Å². The maximum Gasteiger partial charge on any atom is 0.0444 e. The number of hydrogen-bond acceptors (Lipinski definition) is 4. The fourth-order valence-corrected chi connectivity index (χ4v) is 3.15. The minimum Gasteiger partial charge on any atom is -0.326 e. The Morgan fingerprint density at radius 1 is 0.500 bits per heavy atom. The van der Waals surface area contributed by atoms with Crippen molar-refractivity contribution in [3.05, 3.63) is 84.9 Å². The van der Waals surface area contributed by atoms with E-state index in [-0.39, 0.29) is 0 Å². The highest BCUT2D eigenvalue weighted by molar-refractivity contribution is 8.00. The largest absolute Gasteiger partial charge is 0.326 e. The molecule has 3 aromatic rings. The average Bonchev–Trinajstić information content (AvgIpc) is 2.69. The van der Waals surface area contributed by atoms with E-state index in [9.17, 15) is 0 Å². The van der Waals surface area contributed by atoms with Gasteiger partial charge in [0.2, 0.25) is 0 Å². The third-order valence-electron chi connectivity index (χ3n) is 2.94. The summed E-state index contributed by atoms with van der Waals surface area (Å²) in [4.78, 5) is 2.40. The molecule has 24 heavy (non-hydrogen) atoms. The second-order valence-corrected chi connectivity index (χ2v) is 6.37. The van der Waals surface area contributed by atoms with Gasteiger partial charge in [0.05, 0.1) is 0 Å². The van der Waals surface area contributed by atoms with Crippen LogP contribution in [0, 0.1) is 0 Å². The van der Waals surface area contributed by atoms with Crippen LogP contribution in [0.5, 0.6) is 0 Å². The zero-order valence-corrected chi connectivity index (χ0v) is 15.5. The van der Waals surface area contributed by atoms with Crippen molar-refractivity contribution in [3.8, 4) is 0 Å².